The highest BCUT2D eigenvalue weighted by molar-refractivity contribution is 5.89. The Morgan fingerprint density at radius 3 is 2.45 bits per heavy atom. The fourth-order valence-corrected chi connectivity index (χ4v) is 3.88. The van der Waals surface area contributed by atoms with Gasteiger partial charge >= 0.3 is 5.63 Å². The van der Waals surface area contributed by atoms with E-state index >= 15 is 0 Å². The lowest BCUT2D eigenvalue weighted by molar-refractivity contribution is -0.139. The molecule has 31 heavy (non-hydrogen) atoms. The SMILES string of the molecule is COCC(=O)N1CCCN(C(=O)C(C)Oc2cc(C)cc3oc(=O)c(C)c(C)c23)CC1. The van der Waals surface area contributed by atoms with Crippen molar-refractivity contribution in [2.75, 3.05) is 39.9 Å². The highest BCUT2D eigenvalue weighted by Gasteiger charge is 2.27. The number of amides is 2. The van der Waals surface area contributed by atoms with Gasteiger partial charge in [0.1, 0.15) is 17.9 Å². The van der Waals surface area contributed by atoms with Gasteiger partial charge in [-0.05, 0) is 57.4 Å². The number of ether oxygens (including phenoxy) is 2. The van der Waals surface area contributed by atoms with Gasteiger partial charge in [0.15, 0.2) is 6.10 Å². The molecule has 3 rings (SSSR count). The molecular formula is C23H30N2O6. The normalized spacial score (nSPS) is 15.6. The summed E-state index contributed by atoms with van der Waals surface area (Å²) in [6.07, 6.45) is -0.0250. The monoisotopic (exact) mass is 430 g/mol. The molecule has 168 valence electrons. The zero-order chi connectivity index (χ0) is 22.7. The first-order chi connectivity index (χ1) is 14.7. The Balaban J connectivity index is 1.78. The number of fused-ring (bicyclic) bond motifs is 1. The zero-order valence-corrected chi connectivity index (χ0v) is 18.8. The van der Waals surface area contributed by atoms with Crippen molar-refractivity contribution in [1.82, 2.24) is 9.80 Å². The minimum atomic E-state index is -0.724. The van der Waals surface area contributed by atoms with E-state index in [1.165, 1.54) is 7.11 Å². The van der Waals surface area contributed by atoms with Gasteiger partial charge in [-0.25, -0.2) is 4.79 Å². The van der Waals surface area contributed by atoms with Crippen LogP contribution >= 0.6 is 0 Å². The van der Waals surface area contributed by atoms with Gasteiger partial charge in [0.05, 0.1) is 5.39 Å². The first-order valence-corrected chi connectivity index (χ1v) is 10.5. The molecule has 1 aromatic carbocycles. The maximum atomic E-state index is 13.1. The third-order valence-electron chi connectivity index (χ3n) is 5.74. The summed E-state index contributed by atoms with van der Waals surface area (Å²) in [5.74, 6) is 0.314. The van der Waals surface area contributed by atoms with Gasteiger partial charge in [-0.2, -0.15) is 0 Å². The van der Waals surface area contributed by atoms with E-state index in [0.717, 1.165) is 11.1 Å². The Hall–Kier alpha value is -2.87. The molecule has 1 atom stereocenters. The summed E-state index contributed by atoms with van der Waals surface area (Å²) in [5.41, 5.74) is 2.25. The molecule has 0 radical (unpaired) electrons. The summed E-state index contributed by atoms with van der Waals surface area (Å²) in [7, 11) is 1.49. The van der Waals surface area contributed by atoms with E-state index in [1.807, 2.05) is 19.9 Å². The number of methoxy groups -OCH3 is 1. The van der Waals surface area contributed by atoms with Crippen LogP contribution in [0, 0.1) is 20.8 Å². The van der Waals surface area contributed by atoms with Crippen LogP contribution in [0.3, 0.4) is 0 Å². The molecule has 1 aromatic heterocycles. The maximum Gasteiger partial charge on any atom is 0.339 e. The number of carbonyl (C=O) groups is 2. The predicted molar refractivity (Wildman–Crippen MR) is 116 cm³/mol. The molecule has 8 heteroatoms. The molecule has 0 saturated carbocycles. The topological polar surface area (TPSA) is 89.3 Å². The van der Waals surface area contributed by atoms with E-state index in [9.17, 15) is 14.4 Å². The van der Waals surface area contributed by atoms with Crippen LogP contribution in [0.25, 0.3) is 11.0 Å². The van der Waals surface area contributed by atoms with E-state index in [0.29, 0.717) is 54.9 Å². The van der Waals surface area contributed by atoms with E-state index in [4.69, 9.17) is 13.9 Å². The number of carbonyl (C=O) groups excluding carboxylic acids is 2. The van der Waals surface area contributed by atoms with Crippen molar-refractivity contribution in [2.24, 2.45) is 0 Å². The lowest BCUT2D eigenvalue weighted by Gasteiger charge is -2.25. The van der Waals surface area contributed by atoms with Gasteiger partial charge in [-0.3, -0.25) is 9.59 Å². The van der Waals surface area contributed by atoms with Gasteiger partial charge in [-0.15, -0.1) is 0 Å². The molecule has 0 spiro atoms. The Labute approximate surface area is 181 Å². The van der Waals surface area contributed by atoms with E-state index in [1.54, 1.807) is 29.7 Å². The third-order valence-corrected chi connectivity index (χ3v) is 5.74. The number of benzene rings is 1. The quantitative estimate of drug-likeness (QED) is 0.676. The van der Waals surface area contributed by atoms with Gasteiger partial charge in [0.2, 0.25) is 5.91 Å². The smallest absolute Gasteiger partial charge is 0.339 e. The van der Waals surface area contributed by atoms with Crippen LogP contribution in [0.1, 0.15) is 30.0 Å². The standard InChI is InChI=1S/C23H30N2O6/c1-14-11-18(21-15(2)16(3)23(28)31-19(21)12-14)30-17(4)22(27)25-8-6-7-24(9-10-25)20(26)13-29-5/h11-12,17H,6-10,13H2,1-5H3. The molecule has 2 amide bonds. The average molecular weight is 431 g/mol. The van der Waals surface area contributed by atoms with Crippen LogP contribution in [-0.4, -0.2) is 67.6 Å². The van der Waals surface area contributed by atoms with Crippen molar-refractivity contribution in [2.45, 2.75) is 40.2 Å². The molecule has 0 bridgehead atoms. The molecule has 1 unspecified atom stereocenters. The van der Waals surface area contributed by atoms with Crippen molar-refractivity contribution >= 4 is 22.8 Å². The van der Waals surface area contributed by atoms with Crippen molar-refractivity contribution < 1.29 is 23.5 Å². The second-order valence-corrected chi connectivity index (χ2v) is 8.03. The molecule has 8 nitrogen and oxygen atoms in total. The zero-order valence-electron chi connectivity index (χ0n) is 18.8. The summed E-state index contributed by atoms with van der Waals surface area (Å²) in [5, 5.41) is 0.703. The summed E-state index contributed by atoms with van der Waals surface area (Å²) in [6.45, 7) is 9.29. The molecule has 1 saturated heterocycles. The molecule has 2 aromatic rings. The summed E-state index contributed by atoms with van der Waals surface area (Å²) in [6, 6.07) is 3.65. The van der Waals surface area contributed by atoms with Gasteiger partial charge in [0, 0.05) is 38.9 Å². The van der Waals surface area contributed by atoms with Crippen molar-refractivity contribution in [3.63, 3.8) is 0 Å². The Morgan fingerprint density at radius 2 is 1.74 bits per heavy atom. The third kappa shape index (κ3) is 4.90. The molecule has 1 aliphatic heterocycles. The van der Waals surface area contributed by atoms with Crippen LogP contribution in [-0.2, 0) is 14.3 Å². The maximum absolute atomic E-state index is 13.1. The highest BCUT2D eigenvalue weighted by Crippen LogP contribution is 2.31. The number of nitrogens with zero attached hydrogens (tertiary/aromatic N) is 2. The second-order valence-electron chi connectivity index (χ2n) is 8.03. The highest BCUT2D eigenvalue weighted by atomic mass is 16.5. The fourth-order valence-electron chi connectivity index (χ4n) is 3.88. The molecular weight excluding hydrogens is 400 g/mol. The summed E-state index contributed by atoms with van der Waals surface area (Å²) in [4.78, 5) is 40.7. The van der Waals surface area contributed by atoms with Crippen molar-refractivity contribution in [1.29, 1.82) is 0 Å². The number of aryl methyl sites for hydroxylation is 2. The van der Waals surface area contributed by atoms with E-state index in [2.05, 4.69) is 0 Å². The van der Waals surface area contributed by atoms with E-state index < -0.39 is 6.10 Å². The second kappa shape index (κ2) is 9.51. The van der Waals surface area contributed by atoms with Gasteiger partial charge in [-0.1, -0.05) is 0 Å². The molecule has 1 aliphatic rings. The van der Waals surface area contributed by atoms with Crippen LogP contribution in [0.5, 0.6) is 5.75 Å². The minimum absolute atomic E-state index is 0.0444. The van der Waals surface area contributed by atoms with Gasteiger partial charge < -0.3 is 23.7 Å². The van der Waals surface area contributed by atoms with E-state index in [-0.39, 0.29) is 24.0 Å². The number of rotatable bonds is 5. The van der Waals surface area contributed by atoms with Crippen LogP contribution < -0.4 is 10.4 Å². The number of hydrogen-bond acceptors (Lipinski definition) is 6. The summed E-state index contributed by atoms with van der Waals surface area (Å²) < 4.78 is 16.5. The summed E-state index contributed by atoms with van der Waals surface area (Å²) >= 11 is 0. The molecule has 1 fully saturated rings. The van der Waals surface area contributed by atoms with Crippen LogP contribution in [0.4, 0.5) is 0 Å². The number of hydrogen-bond donors (Lipinski definition) is 0. The van der Waals surface area contributed by atoms with Crippen LogP contribution in [0.2, 0.25) is 0 Å². The Kier molecular flexibility index (Phi) is 7.00. The fraction of sp³-hybridized carbons (Fsp3) is 0.522. The van der Waals surface area contributed by atoms with Gasteiger partial charge in [0.25, 0.3) is 5.91 Å². The Bertz CT molecular complexity index is 1040. The lowest BCUT2D eigenvalue weighted by Crippen LogP contribution is -2.43. The molecule has 0 aliphatic carbocycles. The first-order valence-electron chi connectivity index (χ1n) is 10.5. The lowest BCUT2D eigenvalue weighted by atomic mass is 10.0. The Morgan fingerprint density at radius 1 is 1.06 bits per heavy atom. The average Bonchev–Trinajstić information content (AvgIpc) is 2.97. The largest absolute Gasteiger partial charge is 0.480 e. The minimum Gasteiger partial charge on any atom is -0.480 e. The predicted octanol–water partition coefficient (Wildman–Crippen LogP) is 2.19. The molecule has 2 heterocycles. The van der Waals surface area contributed by atoms with Crippen molar-refractivity contribution in [3.05, 3.63) is 39.2 Å². The van der Waals surface area contributed by atoms with Crippen molar-refractivity contribution in [3.8, 4) is 5.75 Å². The molecule has 0 N–H and O–H groups in total. The van der Waals surface area contributed by atoms with Crippen LogP contribution in [0.15, 0.2) is 21.3 Å². The first kappa shape index (κ1) is 22.8.